The third kappa shape index (κ3) is 2.87. The molecule has 1 aromatic heterocycles. The predicted octanol–water partition coefficient (Wildman–Crippen LogP) is 2.61. The molecule has 28 heavy (non-hydrogen) atoms. The number of fused-ring (bicyclic) bond motifs is 1. The summed E-state index contributed by atoms with van der Waals surface area (Å²) < 4.78 is 22.4. The van der Waals surface area contributed by atoms with Gasteiger partial charge in [-0.3, -0.25) is 4.79 Å². The van der Waals surface area contributed by atoms with E-state index in [1.807, 2.05) is 0 Å². The number of pyridine rings is 1. The van der Waals surface area contributed by atoms with Crippen LogP contribution in [0, 0.1) is 5.82 Å². The Morgan fingerprint density at radius 3 is 2.54 bits per heavy atom. The van der Waals surface area contributed by atoms with Gasteiger partial charge >= 0.3 is 5.97 Å². The highest BCUT2D eigenvalue weighted by Gasteiger charge is 2.31. The average molecular weight is 389 g/mol. The first kappa shape index (κ1) is 18.3. The lowest BCUT2D eigenvalue weighted by Gasteiger charge is -2.31. The summed E-state index contributed by atoms with van der Waals surface area (Å²) in [5.41, 5.74) is 0.200. The van der Waals surface area contributed by atoms with Crippen LogP contribution in [0.3, 0.4) is 0 Å². The van der Waals surface area contributed by atoms with Gasteiger partial charge in [-0.25, -0.2) is 9.18 Å². The fraction of sp³-hybridized carbons (Fsp3) is 0.421. The molecule has 2 fully saturated rings. The van der Waals surface area contributed by atoms with Gasteiger partial charge < -0.3 is 24.5 Å². The summed E-state index contributed by atoms with van der Waals surface area (Å²) in [5, 5.41) is 21.5. The van der Waals surface area contributed by atoms with Crippen LogP contribution in [0.25, 0.3) is 10.9 Å². The van der Waals surface area contributed by atoms with Crippen LogP contribution in [-0.2, 0) is 0 Å². The van der Waals surface area contributed by atoms with Crippen molar-refractivity contribution >= 4 is 28.3 Å². The number of benzene rings is 1. The first-order chi connectivity index (χ1) is 13.5. The summed E-state index contributed by atoms with van der Waals surface area (Å²) in [4.78, 5) is 26.0. The van der Waals surface area contributed by atoms with Crippen molar-refractivity contribution in [1.82, 2.24) is 4.57 Å². The molecule has 0 amide bonds. The second-order valence-electron chi connectivity index (χ2n) is 7.11. The summed E-state index contributed by atoms with van der Waals surface area (Å²) >= 11 is 0. The molecule has 0 radical (unpaired) electrons. The zero-order chi connectivity index (χ0) is 20.0. The van der Waals surface area contributed by atoms with Crippen LogP contribution in [0.5, 0.6) is 5.75 Å². The lowest BCUT2D eigenvalue weighted by molar-refractivity contribution is 0.0695. The number of hydrogen-bond acceptors (Lipinski definition) is 6. The summed E-state index contributed by atoms with van der Waals surface area (Å²) in [6.07, 6.45) is 4.02. The molecule has 148 valence electrons. The van der Waals surface area contributed by atoms with Crippen LogP contribution in [0.15, 0.2) is 22.2 Å². The third-order valence-electron chi connectivity index (χ3n) is 5.37. The van der Waals surface area contributed by atoms with E-state index >= 15 is 4.39 Å². The van der Waals surface area contributed by atoms with Gasteiger partial charge in [0.15, 0.2) is 11.6 Å². The van der Waals surface area contributed by atoms with Crippen LogP contribution in [0.1, 0.15) is 42.1 Å². The fourth-order valence-corrected chi connectivity index (χ4v) is 3.81. The first-order valence-corrected chi connectivity index (χ1v) is 9.09. The Balaban J connectivity index is 1.97. The number of carbonyl (C=O) groups is 1. The molecule has 2 heterocycles. The molecule has 1 saturated heterocycles. The van der Waals surface area contributed by atoms with E-state index in [0.29, 0.717) is 37.2 Å². The van der Waals surface area contributed by atoms with E-state index in [1.54, 1.807) is 9.47 Å². The molecule has 2 aromatic rings. The van der Waals surface area contributed by atoms with E-state index in [4.69, 9.17) is 9.94 Å². The summed E-state index contributed by atoms with van der Waals surface area (Å²) in [7, 11) is 1.41. The lowest BCUT2D eigenvalue weighted by Crippen LogP contribution is -2.35. The standard InChI is InChI=1S/C19H20FN3O5/c1-28-18-15-12(17(24)13(19(25)26)9-23(15)11-2-3-11)8-14(20)16(18)22-6-4-10(21-27)5-7-22/h8-9,11,27H,2-7H2,1H3,(H,25,26). The van der Waals surface area contributed by atoms with Crippen molar-refractivity contribution in [2.24, 2.45) is 5.16 Å². The number of rotatable bonds is 4. The minimum absolute atomic E-state index is 0.000445. The molecule has 4 rings (SSSR count). The summed E-state index contributed by atoms with van der Waals surface area (Å²) in [5.74, 6) is -1.76. The fourth-order valence-electron chi connectivity index (χ4n) is 3.81. The van der Waals surface area contributed by atoms with Gasteiger partial charge in [-0.2, -0.15) is 0 Å². The number of piperidine rings is 1. The molecule has 0 spiro atoms. The highest BCUT2D eigenvalue weighted by molar-refractivity contribution is 5.97. The number of halogens is 1. The lowest BCUT2D eigenvalue weighted by atomic mass is 10.0. The highest BCUT2D eigenvalue weighted by atomic mass is 19.1. The van der Waals surface area contributed by atoms with E-state index in [0.717, 1.165) is 18.9 Å². The molecule has 2 N–H and O–H groups in total. The number of methoxy groups -OCH3 is 1. The number of aromatic carboxylic acids is 1. The molecule has 0 bridgehead atoms. The van der Waals surface area contributed by atoms with Gasteiger partial charge in [-0.1, -0.05) is 5.16 Å². The molecule has 8 nitrogen and oxygen atoms in total. The van der Waals surface area contributed by atoms with Crippen LogP contribution in [0.4, 0.5) is 10.1 Å². The van der Waals surface area contributed by atoms with Crippen molar-refractivity contribution in [1.29, 1.82) is 0 Å². The van der Waals surface area contributed by atoms with E-state index in [1.165, 1.54) is 13.3 Å². The van der Waals surface area contributed by atoms with Crippen LogP contribution < -0.4 is 15.1 Å². The summed E-state index contributed by atoms with van der Waals surface area (Å²) in [6, 6.07) is 1.17. The van der Waals surface area contributed by atoms with Crippen molar-refractivity contribution in [3.05, 3.63) is 33.9 Å². The molecule has 0 unspecified atom stereocenters. The first-order valence-electron chi connectivity index (χ1n) is 9.09. The second-order valence-corrected chi connectivity index (χ2v) is 7.11. The number of aromatic nitrogens is 1. The number of oxime groups is 1. The Hall–Kier alpha value is -3.10. The number of ether oxygens (including phenoxy) is 1. The predicted molar refractivity (Wildman–Crippen MR) is 101 cm³/mol. The van der Waals surface area contributed by atoms with Crippen molar-refractivity contribution in [2.45, 2.75) is 31.7 Å². The summed E-state index contributed by atoms with van der Waals surface area (Å²) in [6.45, 7) is 0.887. The van der Waals surface area contributed by atoms with Gasteiger partial charge in [0, 0.05) is 38.2 Å². The van der Waals surface area contributed by atoms with Gasteiger partial charge in [0.2, 0.25) is 5.43 Å². The maximum Gasteiger partial charge on any atom is 0.341 e. The molecular formula is C19H20FN3O5. The normalized spacial score (nSPS) is 17.1. The van der Waals surface area contributed by atoms with E-state index < -0.39 is 17.2 Å². The zero-order valence-electron chi connectivity index (χ0n) is 15.3. The quantitative estimate of drug-likeness (QED) is 0.615. The molecule has 1 aliphatic carbocycles. The van der Waals surface area contributed by atoms with E-state index in [9.17, 15) is 14.7 Å². The molecule has 1 saturated carbocycles. The minimum Gasteiger partial charge on any atom is -0.492 e. The van der Waals surface area contributed by atoms with Crippen molar-refractivity contribution in [3.63, 3.8) is 0 Å². The van der Waals surface area contributed by atoms with Crippen molar-refractivity contribution in [3.8, 4) is 5.75 Å². The van der Waals surface area contributed by atoms with Gasteiger partial charge in [-0.05, 0) is 18.9 Å². The Labute approximate surface area is 159 Å². The van der Waals surface area contributed by atoms with E-state index in [2.05, 4.69) is 5.16 Å². The van der Waals surface area contributed by atoms with Gasteiger partial charge in [0.1, 0.15) is 11.3 Å². The second kappa shape index (κ2) is 6.81. The largest absolute Gasteiger partial charge is 0.492 e. The number of carboxylic acids is 1. The monoisotopic (exact) mass is 389 g/mol. The Kier molecular flexibility index (Phi) is 4.44. The number of hydrogen-bond donors (Lipinski definition) is 2. The molecule has 1 aliphatic heterocycles. The Bertz CT molecular complexity index is 1050. The van der Waals surface area contributed by atoms with Crippen molar-refractivity contribution < 1.29 is 24.2 Å². The Morgan fingerprint density at radius 2 is 2.00 bits per heavy atom. The topological polar surface area (TPSA) is 104 Å². The Morgan fingerprint density at radius 1 is 1.32 bits per heavy atom. The number of nitrogens with zero attached hydrogens (tertiary/aromatic N) is 3. The van der Waals surface area contributed by atoms with Gasteiger partial charge in [0.25, 0.3) is 0 Å². The number of carboxylic acid groups (broad SMARTS) is 1. The SMILES string of the molecule is COc1c(N2CCC(=NO)CC2)c(F)cc2c(=O)c(C(=O)O)cn(C3CC3)c12. The maximum atomic E-state index is 15.1. The molecule has 9 heteroatoms. The van der Waals surface area contributed by atoms with Crippen LogP contribution >= 0.6 is 0 Å². The smallest absolute Gasteiger partial charge is 0.341 e. The highest BCUT2D eigenvalue weighted by Crippen LogP contribution is 2.44. The van der Waals surface area contributed by atoms with Crippen LogP contribution in [0.2, 0.25) is 0 Å². The molecule has 2 aliphatic rings. The zero-order valence-corrected chi connectivity index (χ0v) is 15.3. The molecule has 1 aromatic carbocycles. The van der Waals surface area contributed by atoms with Crippen molar-refractivity contribution in [2.75, 3.05) is 25.1 Å². The average Bonchev–Trinajstić information content (AvgIpc) is 3.52. The number of anilines is 1. The third-order valence-corrected chi connectivity index (χ3v) is 5.37. The van der Waals surface area contributed by atoms with Crippen LogP contribution in [-0.4, -0.2) is 46.8 Å². The molecule has 0 atom stereocenters. The maximum absolute atomic E-state index is 15.1. The molecular weight excluding hydrogens is 369 g/mol. The minimum atomic E-state index is -1.34. The van der Waals surface area contributed by atoms with E-state index in [-0.39, 0.29) is 28.4 Å². The van der Waals surface area contributed by atoms with Gasteiger partial charge in [0.05, 0.1) is 23.7 Å². The van der Waals surface area contributed by atoms with Gasteiger partial charge in [-0.15, -0.1) is 0 Å².